The number of aryl methyl sites for hydroxylation is 3. The van der Waals surface area contributed by atoms with Crippen LogP contribution in [0, 0.1) is 13.8 Å². The number of anilines is 1. The molecule has 0 unspecified atom stereocenters. The SMILES string of the molecule is Cc1ccc(NC(=O)c2n[nH]c3c2CCC3)cc1C. The number of rotatable bonds is 2. The molecule has 1 aromatic carbocycles. The van der Waals surface area contributed by atoms with Crippen LogP contribution in [0.15, 0.2) is 18.2 Å². The molecule has 0 atom stereocenters. The molecule has 1 amide bonds. The maximum atomic E-state index is 12.2. The fraction of sp³-hybridized carbons (Fsp3) is 0.333. The Bertz CT molecular complexity index is 643. The number of carbonyl (C=O) groups excluding carboxylic acids is 1. The van der Waals surface area contributed by atoms with Crippen molar-refractivity contribution in [2.24, 2.45) is 0 Å². The van der Waals surface area contributed by atoms with Gasteiger partial charge < -0.3 is 5.32 Å². The second-order valence-corrected chi connectivity index (χ2v) is 5.14. The minimum absolute atomic E-state index is 0.123. The topological polar surface area (TPSA) is 57.8 Å². The lowest BCUT2D eigenvalue weighted by molar-refractivity contribution is 0.102. The molecular weight excluding hydrogens is 238 g/mol. The molecule has 4 heteroatoms. The highest BCUT2D eigenvalue weighted by Gasteiger charge is 2.22. The van der Waals surface area contributed by atoms with Crippen molar-refractivity contribution in [1.82, 2.24) is 10.2 Å². The van der Waals surface area contributed by atoms with Gasteiger partial charge in [0.15, 0.2) is 5.69 Å². The predicted molar refractivity (Wildman–Crippen MR) is 74.5 cm³/mol. The van der Waals surface area contributed by atoms with Gasteiger partial charge in [-0.25, -0.2) is 0 Å². The number of amides is 1. The Labute approximate surface area is 112 Å². The van der Waals surface area contributed by atoms with Crippen LogP contribution in [0.5, 0.6) is 0 Å². The molecule has 0 saturated carbocycles. The fourth-order valence-corrected chi connectivity index (χ4v) is 2.52. The highest BCUT2D eigenvalue weighted by atomic mass is 16.1. The Balaban J connectivity index is 1.83. The first kappa shape index (κ1) is 12.0. The largest absolute Gasteiger partial charge is 0.321 e. The molecule has 0 spiro atoms. The number of nitrogens with zero attached hydrogens (tertiary/aromatic N) is 1. The van der Waals surface area contributed by atoms with Crippen LogP contribution in [0.3, 0.4) is 0 Å². The number of fused-ring (bicyclic) bond motifs is 1. The smallest absolute Gasteiger partial charge is 0.276 e. The molecule has 0 bridgehead atoms. The number of aromatic nitrogens is 2. The van der Waals surface area contributed by atoms with E-state index in [0.717, 1.165) is 36.2 Å². The summed E-state index contributed by atoms with van der Waals surface area (Å²) >= 11 is 0. The van der Waals surface area contributed by atoms with E-state index in [-0.39, 0.29) is 5.91 Å². The maximum absolute atomic E-state index is 12.2. The van der Waals surface area contributed by atoms with Crippen LogP contribution in [-0.2, 0) is 12.8 Å². The molecule has 1 aromatic heterocycles. The number of hydrogen-bond acceptors (Lipinski definition) is 2. The molecule has 3 rings (SSSR count). The van der Waals surface area contributed by atoms with E-state index in [1.165, 1.54) is 11.1 Å². The van der Waals surface area contributed by atoms with Gasteiger partial charge in [-0.1, -0.05) is 6.07 Å². The molecule has 0 saturated heterocycles. The minimum Gasteiger partial charge on any atom is -0.321 e. The minimum atomic E-state index is -0.123. The summed E-state index contributed by atoms with van der Waals surface area (Å²) in [5, 5.41) is 10.0. The normalized spacial score (nSPS) is 13.4. The first-order valence-corrected chi connectivity index (χ1v) is 6.60. The molecular formula is C15H17N3O. The molecule has 1 aliphatic carbocycles. The van der Waals surface area contributed by atoms with Crippen molar-refractivity contribution in [1.29, 1.82) is 0 Å². The van der Waals surface area contributed by atoms with E-state index in [9.17, 15) is 4.79 Å². The Kier molecular flexibility index (Phi) is 2.85. The van der Waals surface area contributed by atoms with Crippen molar-refractivity contribution in [3.05, 3.63) is 46.3 Å². The molecule has 0 fully saturated rings. The Morgan fingerprint density at radius 1 is 1.26 bits per heavy atom. The van der Waals surface area contributed by atoms with E-state index in [4.69, 9.17) is 0 Å². The number of benzene rings is 1. The fourth-order valence-electron chi connectivity index (χ4n) is 2.52. The number of nitrogens with one attached hydrogen (secondary N) is 2. The quantitative estimate of drug-likeness (QED) is 0.867. The van der Waals surface area contributed by atoms with Crippen molar-refractivity contribution >= 4 is 11.6 Å². The monoisotopic (exact) mass is 255 g/mol. The van der Waals surface area contributed by atoms with Crippen LogP contribution in [0.4, 0.5) is 5.69 Å². The van der Waals surface area contributed by atoms with Gasteiger partial charge in [-0.3, -0.25) is 9.89 Å². The van der Waals surface area contributed by atoms with Crippen molar-refractivity contribution in [3.63, 3.8) is 0 Å². The third kappa shape index (κ3) is 2.14. The van der Waals surface area contributed by atoms with Gasteiger partial charge in [0, 0.05) is 16.9 Å². The third-order valence-electron chi connectivity index (χ3n) is 3.79. The van der Waals surface area contributed by atoms with E-state index in [0.29, 0.717) is 5.69 Å². The molecule has 0 aliphatic heterocycles. The highest BCUT2D eigenvalue weighted by molar-refractivity contribution is 6.04. The zero-order valence-electron chi connectivity index (χ0n) is 11.2. The van der Waals surface area contributed by atoms with Crippen LogP contribution < -0.4 is 5.32 Å². The Morgan fingerprint density at radius 2 is 2.11 bits per heavy atom. The summed E-state index contributed by atoms with van der Waals surface area (Å²) in [6.07, 6.45) is 3.05. The summed E-state index contributed by atoms with van der Waals surface area (Å²) < 4.78 is 0. The zero-order valence-corrected chi connectivity index (χ0v) is 11.2. The molecule has 1 aliphatic rings. The predicted octanol–water partition coefficient (Wildman–Crippen LogP) is 2.77. The lowest BCUT2D eigenvalue weighted by Crippen LogP contribution is -2.14. The number of H-pyrrole nitrogens is 1. The van der Waals surface area contributed by atoms with Gasteiger partial charge in [0.2, 0.25) is 0 Å². The second-order valence-electron chi connectivity index (χ2n) is 5.14. The first-order valence-electron chi connectivity index (χ1n) is 6.60. The summed E-state index contributed by atoms with van der Waals surface area (Å²) in [7, 11) is 0. The number of hydrogen-bond donors (Lipinski definition) is 2. The maximum Gasteiger partial charge on any atom is 0.276 e. The van der Waals surface area contributed by atoms with Crippen molar-refractivity contribution < 1.29 is 4.79 Å². The molecule has 19 heavy (non-hydrogen) atoms. The first-order chi connectivity index (χ1) is 9.15. The summed E-state index contributed by atoms with van der Waals surface area (Å²) in [5.41, 5.74) is 5.96. The van der Waals surface area contributed by atoms with Gasteiger partial charge in [0.05, 0.1) is 0 Å². The lowest BCUT2D eigenvalue weighted by Gasteiger charge is -2.07. The van der Waals surface area contributed by atoms with Crippen molar-refractivity contribution in [2.75, 3.05) is 5.32 Å². The average Bonchev–Trinajstić information content (AvgIpc) is 2.95. The Morgan fingerprint density at radius 3 is 2.89 bits per heavy atom. The number of carbonyl (C=O) groups is 1. The van der Waals surface area contributed by atoms with Crippen LogP contribution in [0.25, 0.3) is 0 Å². The van der Waals surface area contributed by atoms with Gasteiger partial charge in [0.25, 0.3) is 5.91 Å². The molecule has 2 aromatic rings. The van der Waals surface area contributed by atoms with Crippen molar-refractivity contribution in [3.8, 4) is 0 Å². The van der Waals surface area contributed by atoms with E-state index in [2.05, 4.69) is 22.4 Å². The summed E-state index contributed by atoms with van der Waals surface area (Å²) in [6.45, 7) is 4.10. The van der Waals surface area contributed by atoms with Crippen LogP contribution >= 0.6 is 0 Å². The lowest BCUT2D eigenvalue weighted by atomic mass is 10.1. The molecule has 1 heterocycles. The van der Waals surface area contributed by atoms with Gasteiger partial charge in [-0.05, 0) is 56.4 Å². The molecule has 4 nitrogen and oxygen atoms in total. The van der Waals surface area contributed by atoms with Gasteiger partial charge in [-0.15, -0.1) is 0 Å². The summed E-state index contributed by atoms with van der Waals surface area (Å²) in [6, 6.07) is 5.92. The van der Waals surface area contributed by atoms with E-state index in [1.807, 2.05) is 25.1 Å². The summed E-state index contributed by atoms with van der Waals surface area (Å²) in [5.74, 6) is -0.123. The Hall–Kier alpha value is -2.10. The van der Waals surface area contributed by atoms with Crippen LogP contribution in [0.2, 0.25) is 0 Å². The van der Waals surface area contributed by atoms with E-state index < -0.39 is 0 Å². The average molecular weight is 255 g/mol. The second kappa shape index (κ2) is 4.53. The van der Waals surface area contributed by atoms with Crippen LogP contribution in [0.1, 0.15) is 39.3 Å². The molecule has 0 radical (unpaired) electrons. The molecule has 98 valence electrons. The zero-order chi connectivity index (χ0) is 13.4. The van der Waals surface area contributed by atoms with Crippen molar-refractivity contribution in [2.45, 2.75) is 33.1 Å². The standard InChI is InChI=1S/C15H17N3O/c1-9-6-7-11(8-10(9)2)16-15(19)14-12-4-3-5-13(12)17-18-14/h6-8H,3-5H2,1-2H3,(H,16,19)(H,17,18). The third-order valence-corrected chi connectivity index (χ3v) is 3.79. The number of aromatic amines is 1. The van der Waals surface area contributed by atoms with Gasteiger partial charge >= 0.3 is 0 Å². The van der Waals surface area contributed by atoms with E-state index >= 15 is 0 Å². The van der Waals surface area contributed by atoms with E-state index in [1.54, 1.807) is 0 Å². The van der Waals surface area contributed by atoms with Crippen LogP contribution in [-0.4, -0.2) is 16.1 Å². The summed E-state index contributed by atoms with van der Waals surface area (Å²) in [4.78, 5) is 12.2. The van der Waals surface area contributed by atoms with Gasteiger partial charge in [-0.2, -0.15) is 5.10 Å². The molecule has 2 N–H and O–H groups in total. The highest BCUT2D eigenvalue weighted by Crippen LogP contribution is 2.23. The van der Waals surface area contributed by atoms with Gasteiger partial charge in [0.1, 0.15) is 0 Å².